The monoisotopic (exact) mass is 294 g/mol. The van der Waals surface area contributed by atoms with Gasteiger partial charge in [0.25, 0.3) is 5.56 Å². The minimum atomic E-state index is -0.354. The van der Waals surface area contributed by atoms with Crippen LogP contribution in [0.4, 0.5) is 0 Å². The van der Waals surface area contributed by atoms with E-state index >= 15 is 0 Å². The number of H-pyrrole nitrogens is 1. The molecule has 2 N–H and O–H groups in total. The van der Waals surface area contributed by atoms with Gasteiger partial charge in [-0.2, -0.15) is 0 Å². The van der Waals surface area contributed by atoms with E-state index in [4.69, 9.17) is 4.74 Å². The molecule has 5 heteroatoms. The molecule has 1 aromatic heterocycles. The Hall–Kier alpha value is -3.08. The number of rotatable bonds is 3. The van der Waals surface area contributed by atoms with Gasteiger partial charge in [-0.1, -0.05) is 24.3 Å². The van der Waals surface area contributed by atoms with Gasteiger partial charge >= 0.3 is 0 Å². The zero-order valence-electron chi connectivity index (χ0n) is 11.9. The third-order valence-electron chi connectivity index (χ3n) is 3.26. The molecule has 110 valence electrons. The number of aliphatic hydroxyl groups is 1. The molecule has 0 spiro atoms. The first-order chi connectivity index (χ1) is 10.7. The van der Waals surface area contributed by atoms with E-state index in [9.17, 15) is 9.90 Å². The molecule has 0 unspecified atom stereocenters. The zero-order chi connectivity index (χ0) is 15.5. The number of benzene rings is 2. The van der Waals surface area contributed by atoms with Gasteiger partial charge in [0.2, 0.25) is 0 Å². The molecule has 2 aromatic carbocycles. The average molecular weight is 294 g/mol. The van der Waals surface area contributed by atoms with Gasteiger partial charge in [0.05, 0.1) is 18.1 Å². The van der Waals surface area contributed by atoms with Crippen LogP contribution in [-0.2, 0) is 0 Å². The smallest absolute Gasteiger partial charge is 0.274 e. The van der Waals surface area contributed by atoms with Crippen LogP contribution in [0.5, 0.6) is 5.75 Å². The van der Waals surface area contributed by atoms with Crippen LogP contribution in [-0.4, -0.2) is 22.2 Å². The topological polar surface area (TPSA) is 75.2 Å². The van der Waals surface area contributed by atoms with Crippen molar-refractivity contribution in [3.05, 3.63) is 70.1 Å². The number of aromatic nitrogens is 2. The second kappa shape index (κ2) is 5.73. The van der Waals surface area contributed by atoms with E-state index in [0.29, 0.717) is 22.3 Å². The lowest BCUT2D eigenvalue weighted by atomic mass is 10.1. The lowest BCUT2D eigenvalue weighted by molar-refractivity contribution is 0.414. The summed E-state index contributed by atoms with van der Waals surface area (Å²) in [7, 11) is 1.55. The molecule has 0 aliphatic rings. The Morgan fingerprint density at radius 3 is 2.86 bits per heavy atom. The molecule has 0 atom stereocenters. The molecule has 3 aromatic rings. The molecular formula is C17H14N2O3. The molecule has 0 radical (unpaired) electrons. The number of nitrogens with one attached hydrogen (secondary N) is 1. The lowest BCUT2D eigenvalue weighted by Gasteiger charge is -2.04. The fourth-order valence-corrected chi connectivity index (χ4v) is 2.14. The molecule has 0 saturated carbocycles. The van der Waals surface area contributed by atoms with Gasteiger partial charge < -0.3 is 14.8 Å². The fourth-order valence-electron chi connectivity index (χ4n) is 2.14. The summed E-state index contributed by atoms with van der Waals surface area (Å²) in [5, 5.41) is 10.2. The van der Waals surface area contributed by atoms with Gasteiger partial charge in [-0.3, -0.25) is 4.79 Å². The average Bonchev–Trinajstić information content (AvgIpc) is 2.55. The number of methoxy groups -OCH3 is 1. The number of hydrogen-bond donors (Lipinski definition) is 2. The van der Waals surface area contributed by atoms with E-state index in [0.717, 1.165) is 0 Å². The molecule has 1 heterocycles. The van der Waals surface area contributed by atoms with E-state index in [1.165, 1.54) is 6.08 Å². The van der Waals surface area contributed by atoms with Crippen molar-refractivity contribution in [2.75, 3.05) is 7.11 Å². The van der Waals surface area contributed by atoms with Crippen molar-refractivity contribution in [2.24, 2.45) is 0 Å². The van der Waals surface area contributed by atoms with Crippen molar-refractivity contribution in [3.8, 4) is 5.75 Å². The molecule has 0 aliphatic heterocycles. The molecule has 0 fully saturated rings. The van der Waals surface area contributed by atoms with Gasteiger partial charge in [-0.05, 0) is 24.3 Å². The highest BCUT2D eigenvalue weighted by Gasteiger charge is 2.06. The summed E-state index contributed by atoms with van der Waals surface area (Å²) in [4.78, 5) is 19.0. The van der Waals surface area contributed by atoms with Crippen molar-refractivity contribution >= 4 is 22.9 Å². The molecule has 22 heavy (non-hydrogen) atoms. The van der Waals surface area contributed by atoms with Crippen LogP contribution in [0.25, 0.3) is 22.9 Å². The van der Waals surface area contributed by atoms with Gasteiger partial charge in [0.1, 0.15) is 17.2 Å². The normalized spacial score (nSPS) is 11.6. The lowest BCUT2D eigenvalue weighted by Crippen LogP contribution is -2.12. The number of ether oxygens (including phenoxy) is 1. The Bertz CT molecular complexity index is 913. The second-order valence-corrected chi connectivity index (χ2v) is 4.73. The number of aliphatic hydroxyl groups excluding tert-OH is 1. The maximum Gasteiger partial charge on any atom is 0.274 e. The van der Waals surface area contributed by atoms with E-state index in [1.807, 2.05) is 12.1 Å². The molecule has 3 rings (SSSR count). The molecule has 5 nitrogen and oxygen atoms in total. The maximum absolute atomic E-state index is 12.0. The molecular weight excluding hydrogens is 280 g/mol. The number of para-hydroxylation sites is 2. The quantitative estimate of drug-likeness (QED) is 0.728. The van der Waals surface area contributed by atoms with Crippen molar-refractivity contribution < 1.29 is 9.84 Å². The highest BCUT2D eigenvalue weighted by molar-refractivity contribution is 5.79. The number of aromatic amines is 1. The minimum absolute atomic E-state index is 0.0489. The zero-order valence-corrected chi connectivity index (χ0v) is 11.9. The van der Waals surface area contributed by atoms with Gasteiger partial charge in [-0.25, -0.2) is 4.98 Å². The summed E-state index contributed by atoms with van der Waals surface area (Å²) in [6, 6.07) is 14.2. The van der Waals surface area contributed by atoms with E-state index in [1.54, 1.807) is 43.5 Å². The number of nitrogens with zero attached hydrogens (tertiary/aromatic N) is 1. The molecule has 0 bridgehead atoms. The highest BCUT2D eigenvalue weighted by atomic mass is 16.5. The largest absolute Gasteiger partial charge is 0.507 e. The summed E-state index contributed by atoms with van der Waals surface area (Å²) in [5.74, 6) is 0.574. The Balaban J connectivity index is 2.07. The summed E-state index contributed by atoms with van der Waals surface area (Å²) in [5.41, 5.74) is 1.66. The van der Waals surface area contributed by atoms with Crippen molar-refractivity contribution in [1.82, 2.24) is 9.97 Å². The Morgan fingerprint density at radius 2 is 2.05 bits per heavy atom. The van der Waals surface area contributed by atoms with Crippen LogP contribution < -0.4 is 10.3 Å². The van der Waals surface area contributed by atoms with Gasteiger partial charge in [0.15, 0.2) is 0 Å². The van der Waals surface area contributed by atoms with Crippen LogP contribution in [0.3, 0.4) is 0 Å². The van der Waals surface area contributed by atoms with Gasteiger partial charge in [-0.15, -0.1) is 0 Å². The number of hydrogen-bond acceptors (Lipinski definition) is 4. The number of fused-ring (bicyclic) bond motifs is 1. The van der Waals surface area contributed by atoms with Crippen molar-refractivity contribution in [2.45, 2.75) is 0 Å². The second-order valence-electron chi connectivity index (χ2n) is 4.73. The predicted molar refractivity (Wildman–Crippen MR) is 85.9 cm³/mol. The Morgan fingerprint density at radius 1 is 1.23 bits per heavy atom. The molecule has 0 aliphatic carbocycles. The third-order valence-corrected chi connectivity index (χ3v) is 3.26. The van der Waals surface area contributed by atoms with Crippen LogP contribution in [0, 0.1) is 0 Å². The summed E-state index contributed by atoms with van der Waals surface area (Å²) >= 11 is 0. The standard InChI is InChI=1S/C17H14N2O3/c1-22-12-6-4-5-11(9-12)16(20)10-15-17(21)19-14-8-3-2-7-13(14)18-15/h2-10,20H,1H3,(H,19,21)/b16-10-. The fraction of sp³-hybridized carbons (Fsp3) is 0.0588. The summed E-state index contributed by atoms with van der Waals surface area (Å²) in [6.07, 6.45) is 1.35. The van der Waals surface area contributed by atoms with Crippen molar-refractivity contribution in [3.63, 3.8) is 0 Å². The maximum atomic E-state index is 12.0. The first-order valence-electron chi connectivity index (χ1n) is 6.71. The summed E-state index contributed by atoms with van der Waals surface area (Å²) < 4.78 is 5.11. The summed E-state index contributed by atoms with van der Waals surface area (Å²) in [6.45, 7) is 0. The third kappa shape index (κ3) is 2.69. The highest BCUT2D eigenvalue weighted by Crippen LogP contribution is 2.19. The molecule has 0 saturated heterocycles. The molecule has 0 amide bonds. The van der Waals surface area contributed by atoms with Crippen LogP contribution >= 0.6 is 0 Å². The Labute approximate surface area is 126 Å². The van der Waals surface area contributed by atoms with Crippen LogP contribution in [0.1, 0.15) is 11.3 Å². The van der Waals surface area contributed by atoms with E-state index in [-0.39, 0.29) is 17.0 Å². The van der Waals surface area contributed by atoms with Crippen LogP contribution in [0.15, 0.2) is 53.3 Å². The predicted octanol–water partition coefficient (Wildman–Crippen LogP) is 2.99. The first-order valence-corrected chi connectivity index (χ1v) is 6.71. The van der Waals surface area contributed by atoms with E-state index < -0.39 is 0 Å². The van der Waals surface area contributed by atoms with Gasteiger partial charge in [0, 0.05) is 11.6 Å². The van der Waals surface area contributed by atoms with E-state index in [2.05, 4.69) is 9.97 Å². The Kier molecular flexibility index (Phi) is 3.62. The first kappa shape index (κ1) is 13.9. The van der Waals surface area contributed by atoms with Crippen molar-refractivity contribution in [1.29, 1.82) is 0 Å². The minimum Gasteiger partial charge on any atom is -0.507 e. The SMILES string of the molecule is COc1cccc(/C(O)=C/c2nc3ccccc3[nH]c2=O)c1. The van der Waals surface area contributed by atoms with Crippen LogP contribution in [0.2, 0.25) is 0 Å².